The van der Waals surface area contributed by atoms with Gasteiger partial charge in [0.05, 0.1) is 23.2 Å². The van der Waals surface area contributed by atoms with Crippen LogP contribution in [-0.4, -0.2) is 26.1 Å². The highest BCUT2D eigenvalue weighted by atomic mass is 32.2. The molecule has 0 saturated heterocycles. The minimum atomic E-state index is -3.41. The minimum Gasteiger partial charge on any atom is -0.323 e. The fourth-order valence-corrected chi connectivity index (χ4v) is 2.36. The summed E-state index contributed by atoms with van der Waals surface area (Å²) in [6.45, 7) is 3.59. The van der Waals surface area contributed by atoms with E-state index in [-0.39, 0.29) is 5.91 Å². The lowest BCUT2D eigenvalue weighted by Crippen LogP contribution is -2.48. The molecule has 20 heavy (non-hydrogen) atoms. The first-order valence-electron chi connectivity index (χ1n) is 6.33. The van der Waals surface area contributed by atoms with Crippen molar-refractivity contribution in [2.24, 2.45) is 5.73 Å². The Morgan fingerprint density at radius 3 is 2.35 bits per heavy atom. The molecule has 1 amide bonds. The van der Waals surface area contributed by atoms with Crippen LogP contribution in [0.3, 0.4) is 0 Å². The zero-order chi connectivity index (χ0) is 15.4. The van der Waals surface area contributed by atoms with E-state index in [1.165, 1.54) is 0 Å². The normalized spacial score (nSPS) is 14.4. The molecule has 0 aromatic heterocycles. The van der Waals surface area contributed by atoms with Crippen LogP contribution in [0.2, 0.25) is 0 Å². The molecule has 1 unspecified atom stereocenters. The van der Waals surface area contributed by atoms with Gasteiger partial charge in [0, 0.05) is 0 Å². The Labute approximate surface area is 119 Å². The summed E-state index contributed by atoms with van der Waals surface area (Å²) in [6.07, 6.45) is 2.37. The van der Waals surface area contributed by atoms with Gasteiger partial charge in [-0.3, -0.25) is 9.52 Å². The molecule has 0 saturated carbocycles. The second-order valence-electron chi connectivity index (χ2n) is 5.04. The van der Waals surface area contributed by atoms with Gasteiger partial charge in [0.2, 0.25) is 15.9 Å². The number of para-hydroxylation sites is 2. The molecule has 0 aliphatic heterocycles. The summed E-state index contributed by atoms with van der Waals surface area (Å²) >= 11 is 0. The van der Waals surface area contributed by atoms with Gasteiger partial charge in [0.1, 0.15) is 0 Å². The fourth-order valence-electron chi connectivity index (χ4n) is 1.78. The topological polar surface area (TPSA) is 101 Å². The van der Waals surface area contributed by atoms with Crippen LogP contribution >= 0.6 is 0 Å². The van der Waals surface area contributed by atoms with E-state index in [0.29, 0.717) is 17.8 Å². The smallest absolute Gasteiger partial charge is 0.244 e. The molecule has 1 aromatic carbocycles. The van der Waals surface area contributed by atoms with Crippen molar-refractivity contribution in [2.45, 2.75) is 32.2 Å². The van der Waals surface area contributed by atoms with Crippen LogP contribution in [0.25, 0.3) is 0 Å². The van der Waals surface area contributed by atoms with Gasteiger partial charge in [-0.15, -0.1) is 0 Å². The molecule has 1 rings (SSSR count). The molecule has 6 nitrogen and oxygen atoms in total. The third-order valence-corrected chi connectivity index (χ3v) is 3.35. The molecule has 0 aliphatic carbocycles. The number of nitrogens with one attached hydrogen (secondary N) is 2. The number of hydrogen-bond donors (Lipinski definition) is 3. The molecule has 0 heterocycles. The first-order valence-corrected chi connectivity index (χ1v) is 8.22. The summed E-state index contributed by atoms with van der Waals surface area (Å²) in [7, 11) is -3.41. The SMILES string of the molecule is CCCC(C)(N)C(=O)Nc1ccccc1NS(C)(=O)=O. The number of carbonyl (C=O) groups is 1. The van der Waals surface area contributed by atoms with Crippen molar-refractivity contribution in [3.63, 3.8) is 0 Å². The molecular formula is C13H21N3O3S. The number of hydrogen-bond acceptors (Lipinski definition) is 4. The monoisotopic (exact) mass is 299 g/mol. The van der Waals surface area contributed by atoms with E-state index < -0.39 is 15.6 Å². The van der Waals surface area contributed by atoms with Crippen LogP contribution in [0.4, 0.5) is 11.4 Å². The molecule has 0 bridgehead atoms. The van der Waals surface area contributed by atoms with Crippen molar-refractivity contribution in [1.82, 2.24) is 0 Å². The van der Waals surface area contributed by atoms with Crippen LogP contribution in [0.1, 0.15) is 26.7 Å². The van der Waals surface area contributed by atoms with Gasteiger partial charge in [0.15, 0.2) is 0 Å². The first-order chi connectivity index (χ1) is 9.15. The van der Waals surface area contributed by atoms with Crippen molar-refractivity contribution in [3.8, 4) is 0 Å². The van der Waals surface area contributed by atoms with Crippen LogP contribution in [0, 0.1) is 0 Å². The van der Waals surface area contributed by atoms with E-state index in [1.807, 2.05) is 6.92 Å². The standard InChI is InChI=1S/C13H21N3O3S/c1-4-9-13(2,14)12(17)15-10-7-5-6-8-11(10)16-20(3,18)19/h5-8,16H,4,9,14H2,1-3H3,(H,15,17). The molecule has 1 aromatic rings. The molecule has 7 heteroatoms. The third-order valence-electron chi connectivity index (χ3n) is 2.76. The lowest BCUT2D eigenvalue weighted by Gasteiger charge is -2.23. The molecule has 0 radical (unpaired) electrons. The molecule has 1 atom stereocenters. The highest BCUT2D eigenvalue weighted by molar-refractivity contribution is 7.92. The Bertz CT molecular complexity index is 582. The Morgan fingerprint density at radius 2 is 1.85 bits per heavy atom. The number of benzene rings is 1. The van der Waals surface area contributed by atoms with E-state index in [2.05, 4.69) is 10.0 Å². The van der Waals surface area contributed by atoms with E-state index in [1.54, 1.807) is 31.2 Å². The van der Waals surface area contributed by atoms with Crippen LogP contribution < -0.4 is 15.8 Å². The Balaban J connectivity index is 2.96. The number of anilines is 2. The maximum absolute atomic E-state index is 12.1. The summed E-state index contributed by atoms with van der Waals surface area (Å²) in [5, 5.41) is 2.67. The predicted molar refractivity (Wildman–Crippen MR) is 81.0 cm³/mol. The van der Waals surface area contributed by atoms with Crippen molar-refractivity contribution < 1.29 is 13.2 Å². The van der Waals surface area contributed by atoms with Gasteiger partial charge in [-0.25, -0.2) is 8.42 Å². The largest absolute Gasteiger partial charge is 0.323 e. The maximum Gasteiger partial charge on any atom is 0.244 e. The third kappa shape index (κ3) is 4.82. The molecule has 0 spiro atoms. The lowest BCUT2D eigenvalue weighted by molar-refractivity contribution is -0.120. The van der Waals surface area contributed by atoms with Gasteiger partial charge in [-0.2, -0.15) is 0 Å². The lowest BCUT2D eigenvalue weighted by atomic mass is 9.96. The van der Waals surface area contributed by atoms with E-state index in [0.717, 1.165) is 12.7 Å². The maximum atomic E-state index is 12.1. The van der Waals surface area contributed by atoms with Crippen molar-refractivity contribution in [1.29, 1.82) is 0 Å². The zero-order valence-electron chi connectivity index (χ0n) is 11.9. The second-order valence-corrected chi connectivity index (χ2v) is 6.79. The average Bonchev–Trinajstić information content (AvgIpc) is 2.29. The summed E-state index contributed by atoms with van der Waals surface area (Å²) in [6, 6.07) is 6.57. The molecular weight excluding hydrogens is 278 g/mol. The summed E-state index contributed by atoms with van der Waals surface area (Å²) in [5.41, 5.74) is 5.65. The second kappa shape index (κ2) is 6.23. The van der Waals surface area contributed by atoms with Gasteiger partial charge >= 0.3 is 0 Å². The molecule has 4 N–H and O–H groups in total. The Hall–Kier alpha value is -1.60. The van der Waals surface area contributed by atoms with Gasteiger partial charge < -0.3 is 11.1 Å². The highest BCUT2D eigenvalue weighted by Crippen LogP contribution is 2.23. The number of amides is 1. The van der Waals surface area contributed by atoms with E-state index >= 15 is 0 Å². The van der Waals surface area contributed by atoms with Crippen molar-refractivity contribution in [3.05, 3.63) is 24.3 Å². The minimum absolute atomic E-state index is 0.315. The number of sulfonamides is 1. The van der Waals surface area contributed by atoms with E-state index in [4.69, 9.17) is 5.73 Å². The van der Waals surface area contributed by atoms with Gasteiger partial charge in [0.25, 0.3) is 0 Å². The number of rotatable bonds is 6. The predicted octanol–water partition coefficient (Wildman–Crippen LogP) is 1.51. The van der Waals surface area contributed by atoms with Crippen molar-refractivity contribution in [2.75, 3.05) is 16.3 Å². The Morgan fingerprint density at radius 1 is 1.30 bits per heavy atom. The summed E-state index contributed by atoms with van der Waals surface area (Å²) < 4.78 is 24.9. The highest BCUT2D eigenvalue weighted by Gasteiger charge is 2.27. The number of carbonyl (C=O) groups excluding carboxylic acids is 1. The van der Waals surface area contributed by atoms with Crippen LogP contribution in [-0.2, 0) is 14.8 Å². The summed E-state index contributed by atoms with van der Waals surface area (Å²) in [5.74, 6) is -0.345. The summed E-state index contributed by atoms with van der Waals surface area (Å²) in [4.78, 5) is 12.1. The van der Waals surface area contributed by atoms with Crippen molar-refractivity contribution >= 4 is 27.3 Å². The molecule has 0 fully saturated rings. The van der Waals surface area contributed by atoms with Crippen LogP contribution in [0.15, 0.2) is 24.3 Å². The van der Waals surface area contributed by atoms with Gasteiger partial charge in [-0.05, 0) is 25.5 Å². The fraction of sp³-hybridized carbons (Fsp3) is 0.462. The van der Waals surface area contributed by atoms with E-state index in [9.17, 15) is 13.2 Å². The van der Waals surface area contributed by atoms with Gasteiger partial charge in [-0.1, -0.05) is 25.5 Å². The zero-order valence-corrected chi connectivity index (χ0v) is 12.8. The molecule has 112 valence electrons. The first kappa shape index (κ1) is 16.5. The average molecular weight is 299 g/mol. The quantitative estimate of drug-likeness (QED) is 0.741. The molecule has 0 aliphatic rings. The van der Waals surface area contributed by atoms with Crippen LogP contribution in [0.5, 0.6) is 0 Å². The Kier molecular flexibility index (Phi) is 5.13. The number of nitrogens with two attached hydrogens (primary N) is 1.